The largest absolute Gasteiger partial charge is 0.382 e. The Morgan fingerprint density at radius 1 is 1.23 bits per heavy atom. The third-order valence-electron chi connectivity index (χ3n) is 4.46. The SMILES string of the molecule is N#Cc1c(CCCNC(=O)CCC(=O)c2cccs2)nn(-c2ccc(F)cc2)c1N. The smallest absolute Gasteiger partial charge is 0.220 e. The van der Waals surface area contributed by atoms with E-state index in [0.717, 1.165) is 0 Å². The highest BCUT2D eigenvalue weighted by Gasteiger charge is 2.16. The van der Waals surface area contributed by atoms with E-state index in [0.29, 0.717) is 35.6 Å². The fraction of sp³-hybridized carbons (Fsp3) is 0.238. The van der Waals surface area contributed by atoms with Gasteiger partial charge in [0, 0.05) is 19.4 Å². The summed E-state index contributed by atoms with van der Waals surface area (Å²) in [6, 6.07) is 11.2. The van der Waals surface area contributed by atoms with E-state index in [-0.39, 0.29) is 41.7 Å². The first-order valence-electron chi connectivity index (χ1n) is 9.36. The summed E-state index contributed by atoms with van der Waals surface area (Å²) in [7, 11) is 0. The van der Waals surface area contributed by atoms with E-state index in [1.54, 1.807) is 12.1 Å². The summed E-state index contributed by atoms with van der Waals surface area (Å²) in [5, 5.41) is 18.4. The Bertz CT molecular complexity index is 1070. The minimum Gasteiger partial charge on any atom is -0.382 e. The molecular formula is C21H20FN5O2S. The van der Waals surface area contributed by atoms with Crippen molar-refractivity contribution in [2.45, 2.75) is 25.7 Å². The molecule has 9 heteroatoms. The summed E-state index contributed by atoms with van der Waals surface area (Å²) in [5.41, 5.74) is 7.37. The van der Waals surface area contributed by atoms with Gasteiger partial charge in [-0.05, 0) is 48.6 Å². The molecule has 1 aromatic carbocycles. The highest BCUT2D eigenvalue weighted by Crippen LogP contribution is 2.21. The number of nitriles is 1. The Hall–Kier alpha value is -3.51. The van der Waals surface area contributed by atoms with Gasteiger partial charge in [0.05, 0.1) is 16.3 Å². The number of anilines is 1. The molecule has 0 bridgehead atoms. The molecule has 1 amide bonds. The minimum absolute atomic E-state index is 0.0411. The van der Waals surface area contributed by atoms with Gasteiger partial charge in [0.25, 0.3) is 0 Å². The number of nitrogens with zero attached hydrogens (tertiary/aromatic N) is 3. The number of rotatable bonds is 9. The zero-order valence-corrected chi connectivity index (χ0v) is 16.9. The molecule has 0 saturated heterocycles. The molecule has 0 atom stereocenters. The number of Topliss-reactive ketones (excluding diaryl/α,β-unsaturated/α-hetero) is 1. The second-order valence-electron chi connectivity index (χ2n) is 6.56. The van der Waals surface area contributed by atoms with E-state index in [9.17, 15) is 19.2 Å². The molecule has 0 fully saturated rings. The van der Waals surface area contributed by atoms with Gasteiger partial charge in [0.15, 0.2) is 5.78 Å². The number of hydrogen-bond acceptors (Lipinski definition) is 6. The van der Waals surface area contributed by atoms with Crippen molar-refractivity contribution in [1.29, 1.82) is 5.26 Å². The Kier molecular flexibility index (Phi) is 6.93. The number of aromatic nitrogens is 2. The van der Waals surface area contributed by atoms with Crippen LogP contribution in [0.2, 0.25) is 0 Å². The van der Waals surface area contributed by atoms with Crippen molar-refractivity contribution in [3.63, 3.8) is 0 Å². The molecule has 3 aromatic rings. The van der Waals surface area contributed by atoms with Crippen LogP contribution in [0.3, 0.4) is 0 Å². The van der Waals surface area contributed by atoms with Gasteiger partial charge in [-0.1, -0.05) is 6.07 Å². The molecule has 0 radical (unpaired) electrons. The first kappa shape index (κ1) is 21.2. The van der Waals surface area contributed by atoms with Gasteiger partial charge in [-0.2, -0.15) is 10.4 Å². The predicted molar refractivity (Wildman–Crippen MR) is 112 cm³/mol. The number of nitrogens with one attached hydrogen (secondary N) is 1. The van der Waals surface area contributed by atoms with E-state index in [4.69, 9.17) is 5.73 Å². The van der Waals surface area contributed by atoms with Gasteiger partial charge in [-0.15, -0.1) is 11.3 Å². The van der Waals surface area contributed by atoms with Crippen LogP contribution >= 0.6 is 11.3 Å². The Morgan fingerprint density at radius 2 is 2.00 bits per heavy atom. The van der Waals surface area contributed by atoms with Crippen molar-refractivity contribution in [3.05, 3.63) is 63.7 Å². The lowest BCUT2D eigenvalue weighted by Crippen LogP contribution is -2.25. The molecule has 2 heterocycles. The number of carbonyl (C=O) groups is 2. The predicted octanol–water partition coefficient (Wildman–Crippen LogP) is 3.24. The molecule has 0 unspecified atom stereocenters. The van der Waals surface area contributed by atoms with E-state index in [1.807, 2.05) is 5.38 Å². The molecule has 154 valence electrons. The average Bonchev–Trinajstić information content (AvgIpc) is 3.38. The van der Waals surface area contributed by atoms with E-state index < -0.39 is 0 Å². The normalized spacial score (nSPS) is 10.5. The van der Waals surface area contributed by atoms with Crippen molar-refractivity contribution in [1.82, 2.24) is 15.1 Å². The molecule has 3 rings (SSSR count). The fourth-order valence-electron chi connectivity index (χ4n) is 2.91. The average molecular weight is 425 g/mol. The third-order valence-corrected chi connectivity index (χ3v) is 5.38. The molecule has 0 spiro atoms. The van der Waals surface area contributed by atoms with Crippen molar-refractivity contribution in [3.8, 4) is 11.8 Å². The molecule has 3 N–H and O–H groups in total. The third kappa shape index (κ3) is 5.10. The van der Waals surface area contributed by atoms with Crippen molar-refractivity contribution in [2.24, 2.45) is 0 Å². The van der Waals surface area contributed by atoms with Crippen LogP contribution in [0.25, 0.3) is 5.69 Å². The number of amides is 1. The van der Waals surface area contributed by atoms with Gasteiger partial charge < -0.3 is 11.1 Å². The molecular weight excluding hydrogens is 405 g/mol. The number of thiophene rings is 1. The number of nitrogens with two attached hydrogens (primary N) is 1. The molecule has 0 aliphatic heterocycles. The van der Waals surface area contributed by atoms with Crippen LogP contribution in [-0.4, -0.2) is 28.0 Å². The second-order valence-corrected chi connectivity index (χ2v) is 7.51. The van der Waals surface area contributed by atoms with Crippen molar-refractivity contribution >= 4 is 28.8 Å². The highest BCUT2D eigenvalue weighted by atomic mass is 32.1. The van der Waals surface area contributed by atoms with Crippen LogP contribution < -0.4 is 11.1 Å². The number of nitrogen functional groups attached to an aromatic ring is 1. The first-order valence-corrected chi connectivity index (χ1v) is 10.2. The fourth-order valence-corrected chi connectivity index (χ4v) is 3.61. The Balaban J connectivity index is 1.50. The topological polar surface area (TPSA) is 114 Å². The van der Waals surface area contributed by atoms with Crippen molar-refractivity contribution in [2.75, 3.05) is 12.3 Å². The van der Waals surface area contributed by atoms with Gasteiger partial charge in [0.1, 0.15) is 23.3 Å². The van der Waals surface area contributed by atoms with Crippen molar-refractivity contribution < 1.29 is 14.0 Å². The molecule has 7 nitrogen and oxygen atoms in total. The Labute approximate surface area is 176 Å². The number of carbonyl (C=O) groups excluding carboxylic acids is 2. The van der Waals surface area contributed by atoms with E-state index in [2.05, 4.69) is 16.5 Å². The van der Waals surface area contributed by atoms with Gasteiger partial charge in [0.2, 0.25) is 5.91 Å². The summed E-state index contributed by atoms with van der Waals surface area (Å²) in [6.07, 6.45) is 1.30. The van der Waals surface area contributed by atoms with Crippen LogP contribution in [0.5, 0.6) is 0 Å². The summed E-state index contributed by atoms with van der Waals surface area (Å²) < 4.78 is 14.5. The highest BCUT2D eigenvalue weighted by molar-refractivity contribution is 7.12. The van der Waals surface area contributed by atoms with Crippen LogP contribution in [0, 0.1) is 17.1 Å². The van der Waals surface area contributed by atoms with Gasteiger partial charge in [-0.25, -0.2) is 9.07 Å². The molecule has 0 aliphatic carbocycles. The minimum atomic E-state index is -0.377. The summed E-state index contributed by atoms with van der Waals surface area (Å²) >= 11 is 1.36. The summed E-state index contributed by atoms with van der Waals surface area (Å²) in [6.45, 7) is 0.389. The standard InChI is InChI=1S/C21H20FN5O2S/c22-14-5-7-15(8-6-14)27-21(24)16(13-23)17(26-27)3-1-11-25-20(29)10-9-18(28)19-4-2-12-30-19/h2,4-8,12H,1,3,9-11,24H2,(H,25,29). The number of hydrogen-bond donors (Lipinski definition) is 2. The number of halogens is 1. The van der Waals surface area contributed by atoms with Crippen LogP contribution in [0.4, 0.5) is 10.2 Å². The van der Waals surface area contributed by atoms with Crippen LogP contribution in [0.1, 0.15) is 40.2 Å². The lowest BCUT2D eigenvalue weighted by molar-refractivity contribution is -0.121. The molecule has 0 aliphatic rings. The molecule has 0 saturated carbocycles. The second kappa shape index (κ2) is 9.80. The lowest BCUT2D eigenvalue weighted by atomic mass is 10.1. The zero-order chi connectivity index (χ0) is 21.5. The maximum absolute atomic E-state index is 13.1. The van der Waals surface area contributed by atoms with E-state index in [1.165, 1.54) is 40.3 Å². The van der Waals surface area contributed by atoms with Crippen LogP contribution in [0.15, 0.2) is 41.8 Å². The number of aryl methyl sites for hydroxylation is 1. The Morgan fingerprint density at radius 3 is 2.67 bits per heavy atom. The molecule has 2 aromatic heterocycles. The van der Waals surface area contributed by atoms with Gasteiger partial charge in [-0.3, -0.25) is 9.59 Å². The maximum Gasteiger partial charge on any atom is 0.220 e. The monoisotopic (exact) mass is 425 g/mol. The van der Waals surface area contributed by atoms with E-state index >= 15 is 0 Å². The first-order chi connectivity index (χ1) is 14.5. The number of ketones is 1. The number of benzene rings is 1. The molecule has 30 heavy (non-hydrogen) atoms. The summed E-state index contributed by atoms with van der Waals surface area (Å²) in [4.78, 5) is 24.5. The zero-order valence-electron chi connectivity index (χ0n) is 16.1. The van der Waals surface area contributed by atoms with Gasteiger partial charge >= 0.3 is 0 Å². The quantitative estimate of drug-likeness (QED) is 0.404. The lowest BCUT2D eigenvalue weighted by Gasteiger charge is -2.04. The summed E-state index contributed by atoms with van der Waals surface area (Å²) in [5.74, 6) is -0.425. The van der Waals surface area contributed by atoms with Crippen LogP contribution in [-0.2, 0) is 11.2 Å². The maximum atomic E-state index is 13.1.